The zero-order valence-electron chi connectivity index (χ0n) is 14.9. The molecule has 0 aliphatic heterocycles. The summed E-state index contributed by atoms with van der Waals surface area (Å²) in [5.74, 6) is 0.825. The summed E-state index contributed by atoms with van der Waals surface area (Å²) >= 11 is 0. The second kappa shape index (κ2) is 7.65. The summed E-state index contributed by atoms with van der Waals surface area (Å²) in [6.45, 7) is 3.94. The van der Waals surface area contributed by atoms with Crippen molar-refractivity contribution < 1.29 is 9.53 Å². The third kappa shape index (κ3) is 4.16. The highest BCUT2D eigenvalue weighted by Crippen LogP contribution is 2.21. The van der Waals surface area contributed by atoms with Gasteiger partial charge in [-0.1, -0.05) is 18.2 Å². The number of para-hydroxylation sites is 1. The standard InChI is InChI=1S/C20H20N4O2/c1-13-6-4-5-7-17(13)23-20-21-14(2)12-18(24-20)22-16-10-8-15(9-11-16)19(25)26-3/h4-12H,1-3H3,(H2,21,22,23,24). The maximum Gasteiger partial charge on any atom is 0.337 e. The molecule has 0 saturated carbocycles. The van der Waals surface area contributed by atoms with Gasteiger partial charge in [0, 0.05) is 23.1 Å². The minimum atomic E-state index is -0.362. The number of carbonyl (C=O) groups excluding carboxylic acids is 1. The average Bonchev–Trinajstić information content (AvgIpc) is 2.63. The van der Waals surface area contributed by atoms with Crippen molar-refractivity contribution in [1.29, 1.82) is 0 Å². The third-order valence-electron chi connectivity index (χ3n) is 3.82. The SMILES string of the molecule is COC(=O)c1ccc(Nc2cc(C)nc(Nc3ccccc3C)n2)cc1. The van der Waals surface area contributed by atoms with Gasteiger partial charge in [0.2, 0.25) is 5.95 Å². The number of nitrogens with one attached hydrogen (secondary N) is 2. The normalized spacial score (nSPS) is 10.3. The number of esters is 1. The number of benzene rings is 2. The number of hydrogen-bond acceptors (Lipinski definition) is 6. The lowest BCUT2D eigenvalue weighted by Gasteiger charge is -2.11. The monoisotopic (exact) mass is 348 g/mol. The van der Waals surface area contributed by atoms with Gasteiger partial charge < -0.3 is 15.4 Å². The van der Waals surface area contributed by atoms with Crippen LogP contribution in [-0.2, 0) is 4.74 Å². The van der Waals surface area contributed by atoms with Crippen molar-refractivity contribution in [3.05, 3.63) is 71.4 Å². The summed E-state index contributed by atoms with van der Waals surface area (Å²) in [6, 6.07) is 16.8. The molecule has 0 atom stereocenters. The molecule has 0 saturated heterocycles. The lowest BCUT2D eigenvalue weighted by Crippen LogP contribution is -2.04. The van der Waals surface area contributed by atoms with Crippen LogP contribution in [0, 0.1) is 13.8 Å². The van der Waals surface area contributed by atoms with Crippen LogP contribution >= 0.6 is 0 Å². The van der Waals surface area contributed by atoms with Crippen molar-refractivity contribution in [2.75, 3.05) is 17.7 Å². The summed E-state index contributed by atoms with van der Waals surface area (Å²) in [7, 11) is 1.36. The summed E-state index contributed by atoms with van der Waals surface area (Å²) < 4.78 is 4.70. The van der Waals surface area contributed by atoms with Gasteiger partial charge >= 0.3 is 5.97 Å². The first-order valence-corrected chi connectivity index (χ1v) is 8.19. The molecule has 0 fully saturated rings. The van der Waals surface area contributed by atoms with Crippen molar-refractivity contribution >= 4 is 29.1 Å². The zero-order valence-corrected chi connectivity index (χ0v) is 14.9. The summed E-state index contributed by atoms with van der Waals surface area (Å²) in [5, 5.41) is 6.47. The van der Waals surface area contributed by atoms with Gasteiger partial charge in [-0.2, -0.15) is 4.98 Å². The Labute approximate surface area is 152 Å². The first kappa shape index (κ1) is 17.4. The Morgan fingerprint density at radius 3 is 2.38 bits per heavy atom. The molecule has 0 radical (unpaired) electrons. The van der Waals surface area contributed by atoms with Crippen LogP contribution in [0.25, 0.3) is 0 Å². The van der Waals surface area contributed by atoms with E-state index in [0.717, 1.165) is 22.6 Å². The highest BCUT2D eigenvalue weighted by atomic mass is 16.5. The predicted octanol–water partition coefficient (Wildman–Crippen LogP) is 4.37. The van der Waals surface area contributed by atoms with Crippen molar-refractivity contribution in [2.45, 2.75) is 13.8 Å². The number of aryl methyl sites for hydroxylation is 2. The molecule has 0 unspecified atom stereocenters. The fraction of sp³-hybridized carbons (Fsp3) is 0.150. The molecule has 1 aromatic heterocycles. The van der Waals surface area contributed by atoms with Gasteiger partial charge in [-0.15, -0.1) is 0 Å². The minimum Gasteiger partial charge on any atom is -0.465 e. The van der Waals surface area contributed by atoms with Gasteiger partial charge in [-0.3, -0.25) is 0 Å². The Bertz CT molecular complexity index is 923. The van der Waals surface area contributed by atoms with Crippen molar-refractivity contribution in [3.63, 3.8) is 0 Å². The van der Waals surface area contributed by atoms with E-state index in [1.165, 1.54) is 7.11 Å². The van der Waals surface area contributed by atoms with E-state index in [0.29, 0.717) is 17.3 Å². The fourth-order valence-corrected chi connectivity index (χ4v) is 2.48. The zero-order chi connectivity index (χ0) is 18.5. The van der Waals surface area contributed by atoms with Crippen LogP contribution in [0.4, 0.5) is 23.1 Å². The van der Waals surface area contributed by atoms with Crippen LogP contribution in [0.2, 0.25) is 0 Å². The molecule has 6 nitrogen and oxygen atoms in total. The molecule has 3 rings (SSSR count). The molecule has 0 amide bonds. The molecule has 0 aliphatic carbocycles. The fourth-order valence-electron chi connectivity index (χ4n) is 2.48. The summed E-state index contributed by atoms with van der Waals surface area (Å²) in [5.41, 5.74) is 4.23. The van der Waals surface area contributed by atoms with Gasteiger partial charge in [0.1, 0.15) is 5.82 Å². The van der Waals surface area contributed by atoms with E-state index in [1.54, 1.807) is 24.3 Å². The first-order valence-electron chi connectivity index (χ1n) is 8.19. The molecule has 0 bridgehead atoms. The lowest BCUT2D eigenvalue weighted by molar-refractivity contribution is 0.0601. The molecular formula is C20H20N4O2. The molecule has 2 aromatic carbocycles. The Morgan fingerprint density at radius 1 is 0.962 bits per heavy atom. The van der Waals surface area contributed by atoms with Crippen LogP contribution in [0.5, 0.6) is 0 Å². The molecule has 0 aliphatic rings. The molecule has 2 N–H and O–H groups in total. The number of ether oxygens (including phenoxy) is 1. The van der Waals surface area contributed by atoms with Gasteiger partial charge in [0.05, 0.1) is 12.7 Å². The first-order chi connectivity index (χ1) is 12.5. The quantitative estimate of drug-likeness (QED) is 0.667. The van der Waals surface area contributed by atoms with Crippen molar-refractivity contribution in [2.24, 2.45) is 0 Å². The third-order valence-corrected chi connectivity index (χ3v) is 3.82. The summed E-state index contributed by atoms with van der Waals surface area (Å²) in [4.78, 5) is 20.5. The lowest BCUT2D eigenvalue weighted by atomic mass is 10.2. The Hall–Kier alpha value is -3.41. The van der Waals surface area contributed by atoms with Gasteiger partial charge in [-0.05, 0) is 49.7 Å². The highest BCUT2D eigenvalue weighted by Gasteiger charge is 2.07. The van der Waals surface area contributed by atoms with Crippen LogP contribution in [-0.4, -0.2) is 23.0 Å². The van der Waals surface area contributed by atoms with E-state index in [9.17, 15) is 4.79 Å². The van der Waals surface area contributed by atoms with E-state index in [-0.39, 0.29) is 5.97 Å². The van der Waals surface area contributed by atoms with Gasteiger partial charge in [0.25, 0.3) is 0 Å². The number of anilines is 4. The number of hydrogen-bond donors (Lipinski definition) is 2. The van der Waals surface area contributed by atoms with E-state index in [2.05, 4.69) is 20.6 Å². The Morgan fingerprint density at radius 2 is 1.69 bits per heavy atom. The van der Waals surface area contributed by atoms with Crippen molar-refractivity contribution in [3.8, 4) is 0 Å². The van der Waals surface area contributed by atoms with E-state index in [4.69, 9.17) is 4.74 Å². The topological polar surface area (TPSA) is 76.1 Å². The second-order valence-corrected chi connectivity index (χ2v) is 5.85. The van der Waals surface area contributed by atoms with Crippen LogP contribution < -0.4 is 10.6 Å². The van der Waals surface area contributed by atoms with E-state index in [1.807, 2.05) is 44.2 Å². The van der Waals surface area contributed by atoms with Gasteiger partial charge in [0.15, 0.2) is 0 Å². The largest absolute Gasteiger partial charge is 0.465 e. The molecular weight excluding hydrogens is 328 g/mol. The molecule has 1 heterocycles. The predicted molar refractivity (Wildman–Crippen MR) is 102 cm³/mol. The maximum atomic E-state index is 11.5. The molecule has 132 valence electrons. The minimum absolute atomic E-state index is 0.362. The smallest absolute Gasteiger partial charge is 0.337 e. The van der Waals surface area contributed by atoms with E-state index < -0.39 is 0 Å². The number of aromatic nitrogens is 2. The number of carbonyl (C=O) groups is 1. The summed E-state index contributed by atoms with van der Waals surface area (Å²) in [6.07, 6.45) is 0. The second-order valence-electron chi connectivity index (χ2n) is 5.85. The van der Waals surface area contributed by atoms with Gasteiger partial charge in [-0.25, -0.2) is 9.78 Å². The van der Waals surface area contributed by atoms with Crippen LogP contribution in [0.1, 0.15) is 21.6 Å². The maximum absolute atomic E-state index is 11.5. The van der Waals surface area contributed by atoms with E-state index >= 15 is 0 Å². The number of nitrogens with zero attached hydrogens (tertiary/aromatic N) is 2. The Kier molecular flexibility index (Phi) is 5.12. The molecule has 26 heavy (non-hydrogen) atoms. The number of rotatable bonds is 5. The van der Waals surface area contributed by atoms with Crippen molar-refractivity contribution in [1.82, 2.24) is 9.97 Å². The molecule has 3 aromatic rings. The number of methoxy groups -OCH3 is 1. The highest BCUT2D eigenvalue weighted by molar-refractivity contribution is 5.89. The van der Waals surface area contributed by atoms with Crippen LogP contribution in [0.3, 0.4) is 0 Å². The van der Waals surface area contributed by atoms with Crippen LogP contribution in [0.15, 0.2) is 54.6 Å². The molecule has 0 spiro atoms. The molecule has 6 heteroatoms. The average molecular weight is 348 g/mol. The Balaban J connectivity index is 1.79.